The van der Waals surface area contributed by atoms with E-state index in [1.165, 1.54) is 9.88 Å². The van der Waals surface area contributed by atoms with Crippen LogP contribution in [0.4, 0.5) is 0 Å². The van der Waals surface area contributed by atoms with Crippen molar-refractivity contribution in [3.8, 4) is 0 Å². The maximum atomic E-state index is 5.79. The summed E-state index contributed by atoms with van der Waals surface area (Å²) in [4.78, 5) is 10.5. The summed E-state index contributed by atoms with van der Waals surface area (Å²) < 4.78 is 11.2. The van der Waals surface area contributed by atoms with Crippen molar-refractivity contribution in [1.82, 2.24) is 15.6 Å². The molecule has 0 spiro atoms. The van der Waals surface area contributed by atoms with Crippen molar-refractivity contribution in [1.29, 1.82) is 0 Å². The average molecular weight is 510 g/mol. The summed E-state index contributed by atoms with van der Waals surface area (Å²) >= 11 is 1.78. The number of thiazole rings is 1. The monoisotopic (exact) mass is 510 g/mol. The molecule has 1 saturated heterocycles. The molecule has 2 N–H and O–H groups in total. The van der Waals surface area contributed by atoms with Crippen LogP contribution in [0.25, 0.3) is 0 Å². The van der Waals surface area contributed by atoms with Crippen LogP contribution in [0.1, 0.15) is 41.8 Å². The van der Waals surface area contributed by atoms with Crippen LogP contribution in [0.15, 0.2) is 4.99 Å². The molecule has 0 atom stereocenters. The first-order valence-corrected chi connectivity index (χ1v) is 10.6. The van der Waals surface area contributed by atoms with Gasteiger partial charge in [-0.25, -0.2) is 4.98 Å². The molecule has 156 valence electrons. The van der Waals surface area contributed by atoms with E-state index in [9.17, 15) is 0 Å². The van der Waals surface area contributed by atoms with Gasteiger partial charge in [-0.2, -0.15) is 0 Å². The van der Waals surface area contributed by atoms with E-state index in [2.05, 4.69) is 41.4 Å². The van der Waals surface area contributed by atoms with Gasteiger partial charge in [-0.05, 0) is 46.0 Å². The lowest BCUT2D eigenvalue weighted by Crippen LogP contribution is -2.38. The average Bonchev–Trinajstić information content (AvgIpc) is 2.96. The standard InChI is InChI=1S/C19H34N4O2S.HI/c1-4-20-19(22-10-6-18-23-15(2)16(3)26-18)21-9-5-11-25-14-17-7-12-24-13-8-17;/h17H,4-14H2,1-3H3,(H2,20,21,22);1H. The Kier molecular flexibility index (Phi) is 13.2. The first kappa shape index (κ1) is 24.6. The molecule has 0 radical (unpaired) electrons. The van der Waals surface area contributed by atoms with Crippen LogP contribution in [-0.4, -0.2) is 57.0 Å². The van der Waals surface area contributed by atoms with E-state index in [4.69, 9.17) is 9.47 Å². The van der Waals surface area contributed by atoms with Gasteiger partial charge in [-0.15, -0.1) is 35.3 Å². The number of hydrogen-bond acceptors (Lipinski definition) is 5. The van der Waals surface area contributed by atoms with Gasteiger partial charge in [0.1, 0.15) is 0 Å². The summed E-state index contributed by atoms with van der Waals surface area (Å²) in [6.45, 7) is 12.2. The largest absolute Gasteiger partial charge is 0.381 e. The Morgan fingerprint density at radius 2 is 2.07 bits per heavy atom. The van der Waals surface area contributed by atoms with Gasteiger partial charge in [0, 0.05) is 57.4 Å². The van der Waals surface area contributed by atoms with Crippen molar-refractivity contribution in [3.63, 3.8) is 0 Å². The number of aryl methyl sites for hydroxylation is 2. The lowest BCUT2D eigenvalue weighted by Gasteiger charge is -2.21. The molecule has 6 nitrogen and oxygen atoms in total. The second-order valence-corrected chi connectivity index (χ2v) is 7.96. The zero-order chi connectivity index (χ0) is 18.6. The number of nitrogens with one attached hydrogen (secondary N) is 2. The number of guanidine groups is 1. The first-order chi connectivity index (χ1) is 12.7. The van der Waals surface area contributed by atoms with Crippen LogP contribution in [-0.2, 0) is 15.9 Å². The van der Waals surface area contributed by atoms with Gasteiger partial charge in [0.05, 0.1) is 10.7 Å². The van der Waals surface area contributed by atoms with E-state index >= 15 is 0 Å². The van der Waals surface area contributed by atoms with E-state index in [0.717, 1.165) is 83.4 Å². The van der Waals surface area contributed by atoms with Gasteiger partial charge in [0.2, 0.25) is 0 Å². The molecule has 27 heavy (non-hydrogen) atoms. The Bertz CT molecular complexity index is 528. The Hall–Kier alpha value is -0.450. The zero-order valence-corrected chi connectivity index (χ0v) is 20.0. The number of hydrogen-bond donors (Lipinski definition) is 2. The van der Waals surface area contributed by atoms with E-state index in [-0.39, 0.29) is 24.0 Å². The molecule has 1 aromatic heterocycles. The molecule has 0 aliphatic carbocycles. The Morgan fingerprint density at radius 3 is 2.74 bits per heavy atom. The summed E-state index contributed by atoms with van der Waals surface area (Å²) in [6.07, 6.45) is 4.14. The van der Waals surface area contributed by atoms with E-state index < -0.39 is 0 Å². The van der Waals surface area contributed by atoms with Crippen LogP contribution in [0.5, 0.6) is 0 Å². The van der Waals surface area contributed by atoms with Crippen molar-refractivity contribution < 1.29 is 9.47 Å². The molecule has 0 aromatic carbocycles. The molecule has 0 saturated carbocycles. The predicted molar refractivity (Wildman–Crippen MR) is 124 cm³/mol. The van der Waals surface area contributed by atoms with Crippen LogP contribution in [0.3, 0.4) is 0 Å². The van der Waals surface area contributed by atoms with Crippen LogP contribution in [0, 0.1) is 19.8 Å². The number of nitrogens with zero attached hydrogens (tertiary/aromatic N) is 2. The van der Waals surface area contributed by atoms with E-state index in [1.807, 2.05) is 0 Å². The SMILES string of the molecule is CCNC(=NCCCOCC1CCOCC1)NCCc1nc(C)c(C)s1.I. The normalized spacial score (nSPS) is 15.4. The second kappa shape index (κ2) is 14.5. The van der Waals surface area contributed by atoms with Crippen molar-refractivity contribution in [2.45, 2.75) is 46.5 Å². The molecule has 2 rings (SSSR count). The van der Waals surface area contributed by atoms with Gasteiger partial charge >= 0.3 is 0 Å². The minimum Gasteiger partial charge on any atom is -0.381 e. The molecule has 0 bridgehead atoms. The maximum absolute atomic E-state index is 5.79. The van der Waals surface area contributed by atoms with Crippen LogP contribution >= 0.6 is 35.3 Å². The molecule has 8 heteroatoms. The molecular weight excluding hydrogens is 475 g/mol. The van der Waals surface area contributed by atoms with Crippen molar-refractivity contribution in [2.24, 2.45) is 10.9 Å². The van der Waals surface area contributed by atoms with Crippen LogP contribution < -0.4 is 10.6 Å². The number of aliphatic imine (C=N–C) groups is 1. The maximum Gasteiger partial charge on any atom is 0.191 e. The first-order valence-electron chi connectivity index (χ1n) is 9.79. The van der Waals surface area contributed by atoms with Crippen molar-refractivity contribution >= 4 is 41.3 Å². The Morgan fingerprint density at radius 1 is 1.30 bits per heavy atom. The summed E-state index contributed by atoms with van der Waals surface area (Å²) in [5, 5.41) is 7.87. The van der Waals surface area contributed by atoms with E-state index in [0.29, 0.717) is 5.92 Å². The number of rotatable bonds is 10. The third-order valence-corrected chi connectivity index (χ3v) is 5.59. The third kappa shape index (κ3) is 10.0. The lowest BCUT2D eigenvalue weighted by molar-refractivity contribution is 0.0205. The third-order valence-electron chi connectivity index (χ3n) is 4.46. The minimum atomic E-state index is 0. The highest BCUT2D eigenvalue weighted by atomic mass is 127. The van der Waals surface area contributed by atoms with Gasteiger partial charge in [0.15, 0.2) is 5.96 Å². The second-order valence-electron chi connectivity index (χ2n) is 6.67. The highest BCUT2D eigenvalue weighted by Crippen LogP contribution is 2.16. The highest BCUT2D eigenvalue weighted by Gasteiger charge is 2.13. The van der Waals surface area contributed by atoms with Gasteiger partial charge in [0.25, 0.3) is 0 Å². The van der Waals surface area contributed by atoms with E-state index in [1.54, 1.807) is 11.3 Å². The summed E-state index contributed by atoms with van der Waals surface area (Å²) in [7, 11) is 0. The van der Waals surface area contributed by atoms with Crippen molar-refractivity contribution in [2.75, 3.05) is 46.1 Å². The quantitative estimate of drug-likeness (QED) is 0.219. The fraction of sp³-hybridized carbons (Fsp3) is 0.789. The molecule has 2 heterocycles. The molecule has 1 aliphatic rings. The smallest absolute Gasteiger partial charge is 0.191 e. The molecular formula is C19H35IN4O2S. The molecule has 1 aliphatic heterocycles. The lowest BCUT2D eigenvalue weighted by atomic mass is 10.0. The molecule has 0 unspecified atom stereocenters. The fourth-order valence-corrected chi connectivity index (χ4v) is 3.73. The van der Waals surface area contributed by atoms with Gasteiger partial charge in [-0.1, -0.05) is 0 Å². The summed E-state index contributed by atoms with van der Waals surface area (Å²) in [5.41, 5.74) is 1.14. The topological polar surface area (TPSA) is 67.8 Å². The fourth-order valence-electron chi connectivity index (χ4n) is 2.80. The number of ether oxygens (including phenoxy) is 2. The number of aromatic nitrogens is 1. The molecule has 0 amide bonds. The summed E-state index contributed by atoms with van der Waals surface area (Å²) in [5.74, 6) is 1.55. The van der Waals surface area contributed by atoms with Crippen LogP contribution in [0.2, 0.25) is 0 Å². The van der Waals surface area contributed by atoms with Gasteiger partial charge < -0.3 is 20.1 Å². The van der Waals surface area contributed by atoms with Gasteiger partial charge in [-0.3, -0.25) is 4.99 Å². The number of halogens is 1. The molecule has 1 aromatic rings. The Labute approximate surface area is 184 Å². The Balaban J connectivity index is 0.00000364. The predicted octanol–water partition coefficient (Wildman–Crippen LogP) is 3.31. The minimum absolute atomic E-state index is 0. The summed E-state index contributed by atoms with van der Waals surface area (Å²) in [6, 6.07) is 0. The highest BCUT2D eigenvalue weighted by molar-refractivity contribution is 14.0. The molecule has 1 fully saturated rings. The van der Waals surface area contributed by atoms with Crippen molar-refractivity contribution in [3.05, 3.63) is 15.6 Å². The zero-order valence-electron chi connectivity index (χ0n) is 16.9.